The maximum atomic E-state index is 12.0. The van der Waals surface area contributed by atoms with Crippen LogP contribution < -0.4 is 0 Å². The predicted molar refractivity (Wildman–Crippen MR) is 70.1 cm³/mol. The first-order valence-electron chi connectivity index (χ1n) is 6.08. The molecule has 1 fully saturated rings. The van der Waals surface area contributed by atoms with Crippen LogP contribution in [-0.4, -0.2) is 22.2 Å². The standard InChI is InChI=1S/C14H18ClNO/c1-10-3-5-12(6-4-10)9-16(13-7-8-13)14(17)11(2)15/h3-6,11,13H,7-9H2,1-2H3. The maximum absolute atomic E-state index is 12.0. The van der Waals surface area contributed by atoms with Gasteiger partial charge in [-0.2, -0.15) is 0 Å². The van der Waals surface area contributed by atoms with Crippen LogP contribution in [0.2, 0.25) is 0 Å². The number of rotatable bonds is 4. The number of hydrogen-bond donors (Lipinski definition) is 0. The molecule has 0 heterocycles. The number of amides is 1. The highest BCUT2D eigenvalue weighted by Crippen LogP contribution is 2.29. The zero-order valence-corrected chi connectivity index (χ0v) is 11.1. The van der Waals surface area contributed by atoms with Crippen LogP contribution >= 0.6 is 11.6 Å². The number of aryl methyl sites for hydroxylation is 1. The molecule has 1 unspecified atom stereocenters. The van der Waals surface area contributed by atoms with Crippen molar-refractivity contribution in [2.75, 3.05) is 0 Å². The fraction of sp³-hybridized carbons (Fsp3) is 0.500. The lowest BCUT2D eigenvalue weighted by Crippen LogP contribution is -2.36. The lowest BCUT2D eigenvalue weighted by molar-refractivity contribution is -0.131. The van der Waals surface area contributed by atoms with E-state index in [1.165, 1.54) is 11.1 Å². The van der Waals surface area contributed by atoms with Crippen molar-refractivity contribution in [1.82, 2.24) is 4.90 Å². The summed E-state index contributed by atoms with van der Waals surface area (Å²) in [6.45, 7) is 4.49. The number of hydrogen-bond acceptors (Lipinski definition) is 1. The molecule has 1 atom stereocenters. The quantitative estimate of drug-likeness (QED) is 0.753. The van der Waals surface area contributed by atoms with Gasteiger partial charge in [0.05, 0.1) is 0 Å². The molecule has 2 rings (SSSR count). The minimum absolute atomic E-state index is 0.0507. The van der Waals surface area contributed by atoms with Crippen LogP contribution in [0.4, 0.5) is 0 Å². The highest BCUT2D eigenvalue weighted by Gasteiger charge is 2.33. The van der Waals surface area contributed by atoms with E-state index < -0.39 is 5.38 Å². The zero-order chi connectivity index (χ0) is 12.4. The average Bonchev–Trinajstić information content (AvgIpc) is 3.11. The second-order valence-corrected chi connectivity index (χ2v) is 5.45. The van der Waals surface area contributed by atoms with Crippen LogP contribution in [0.1, 0.15) is 30.9 Å². The third-order valence-electron chi connectivity index (χ3n) is 3.08. The summed E-state index contributed by atoms with van der Waals surface area (Å²) in [6, 6.07) is 8.72. The molecular weight excluding hydrogens is 234 g/mol. The first kappa shape index (κ1) is 12.4. The van der Waals surface area contributed by atoms with E-state index in [9.17, 15) is 4.79 Å². The smallest absolute Gasteiger partial charge is 0.240 e. The number of nitrogens with zero attached hydrogens (tertiary/aromatic N) is 1. The number of benzene rings is 1. The molecule has 0 spiro atoms. The minimum Gasteiger partial charge on any atom is -0.334 e. The predicted octanol–water partition coefficient (Wildman–Crippen LogP) is 3.11. The van der Waals surface area contributed by atoms with Crippen LogP contribution in [0.15, 0.2) is 24.3 Å². The molecule has 0 aromatic heterocycles. The van der Waals surface area contributed by atoms with Crippen LogP contribution in [-0.2, 0) is 11.3 Å². The van der Waals surface area contributed by atoms with Gasteiger partial charge in [0.2, 0.25) is 5.91 Å². The number of halogens is 1. The van der Waals surface area contributed by atoms with E-state index >= 15 is 0 Å². The van der Waals surface area contributed by atoms with Crippen molar-refractivity contribution < 1.29 is 4.79 Å². The molecule has 1 aromatic carbocycles. The highest BCUT2D eigenvalue weighted by atomic mass is 35.5. The Kier molecular flexibility index (Phi) is 3.72. The molecule has 2 nitrogen and oxygen atoms in total. The Hall–Kier alpha value is -1.02. The van der Waals surface area contributed by atoms with Crippen molar-refractivity contribution in [2.45, 2.75) is 44.7 Å². The summed E-state index contributed by atoms with van der Waals surface area (Å²) < 4.78 is 0. The molecule has 17 heavy (non-hydrogen) atoms. The van der Waals surface area contributed by atoms with Gasteiger partial charge in [-0.1, -0.05) is 29.8 Å². The molecule has 1 aliphatic rings. The molecule has 0 aliphatic heterocycles. The van der Waals surface area contributed by atoms with E-state index in [1.807, 2.05) is 4.90 Å². The van der Waals surface area contributed by atoms with Gasteiger partial charge in [-0.25, -0.2) is 0 Å². The Morgan fingerprint density at radius 1 is 1.41 bits per heavy atom. The molecule has 0 bridgehead atoms. The first-order valence-corrected chi connectivity index (χ1v) is 6.51. The van der Waals surface area contributed by atoms with E-state index in [1.54, 1.807) is 6.92 Å². The van der Waals surface area contributed by atoms with E-state index in [2.05, 4.69) is 31.2 Å². The molecule has 1 aromatic rings. The highest BCUT2D eigenvalue weighted by molar-refractivity contribution is 6.30. The van der Waals surface area contributed by atoms with Gasteiger partial charge in [0, 0.05) is 12.6 Å². The summed E-state index contributed by atoms with van der Waals surface area (Å²) in [5.74, 6) is 0.0507. The summed E-state index contributed by atoms with van der Waals surface area (Å²) in [6.07, 6.45) is 2.22. The molecule has 0 radical (unpaired) electrons. The van der Waals surface area contributed by atoms with E-state index in [0.717, 1.165) is 12.8 Å². The Morgan fingerprint density at radius 3 is 2.47 bits per heavy atom. The molecule has 1 aliphatic carbocycles. The van der Waals surface area contributed by atoms with Gasteiger partial charge in [0.15, 0.2) is 0 Å². The second kappa shape index (κ2) is 5.09. The monoisotopic (exact) mass is 251 g/mol. The first-order chi connectivity index (χ1) is 8.08. The Balaban J connectivity index is 2.07. The summed E-state index contributed by atoms with van der Waals surface area (Å²) >= 11 is 5.90. The number of alkyl halides is 1. The topological polar surface area (TPSA) is 20.3 Å². The van der Waals surface area contributed by atoms with Crippen molar-refractivity contribution in [2.24, 2.45) is 0 Å². The van der Waals surface area contributed by atoms with E-state index in [-0.39, 0.29) is 5.91 Å². The van der Waals surface area contributed by atoms with E-state index in [4.69, 9.17) is 11.6 Å². The molecule has 0 saturated heterocycles. The molecule has 1 amide bonds. The molecule has 1 saturated carbocycles. The Morgan fingerprint density at radius 2 is 2.00 bits per heavy atom. The number of carbonyl (C=O) groups is 1. The molecule has 92 valence electrons. The second-order valence-electron chi connectivity index (χ2n) is 4.80. The van der Waals surface area contributed by atoms with Crippen molar-refractivity contribution >= 4 is 17.5 Å². The SMILES string of the molecule is Cc1ccc(CN(C(=O)C(C)Cl)C2CC2)cc1. The van der Waals surface area contributed by atoms with Gasteiger partial charge in [0.1, 0.15) is 5.38 Å². The summed E-state index contributed by atoms with van der Waals surface area (Å²) in [7, 11) is 0. The third kappa shape index (κ3) is 3.22. The normalized spacial score (nSPS) is 16.6. The Labute approximate surface area is 108 Å². The van der Waals surface area contributed by atoms with Gasteiger partial charge in [-0.3, -0.25) is 4.79 Å². The van der Waals surface area contributed by atoms with Crippen molar-refractivity contribution in [3.63, 3.8) is 0 Å². The van der Waals surface area contributed by atoms with Gasteiger partial charge in [-0.15, -0.1) is 11.6 Å². The van der Waals surface area contributed by atoms with Crippen LogP contribution in [0.25, 0.3) is 0 Å². The molecule has 0 N–H and O–H groups in total. The van der Waals surface area contributed by atoms with Crippen molar-refractivity contribution in [3.8, 4) is 0 Å². The summed E-state index contributed by atoms with van der Waals surface area (Å²) in [4.78, 5) is 13.9. The summed E-state index contributed by atoms with van der Waals surface area (Å²) in [5, 5.41) is -0.430. The minimum atomic E-state index is -0.430. The van der Waals surface area contributed by atoms with Crippen LogP contribution in [0, 0.1) is 6.92 Å². The van der Waals surface area contributed by atoms with Gasteiger partial charge >= 0.3 is 0 Å². The van der Waals surface area contributed by atoms with Gasteiger partial charge in [-0.05, 0) is 32.3 Å². The van der Waals surface area contributed by atoms with Crippen molar-refractivity contribution in [1.29, 1.82) is 0 Å². The molecular formula is C14H18ClNO. The largest absolute Gasteiger partial charge is 0.334 e. The van der Waals surface area contributed by atoms with Gasteiger partial charge in [0.25, 0.3) is 0 Å². The fourth-order valence-corrected chi connectivity index (χ4v) is 2.02. The lowest BCUT2D eigenvalue weighted by atomic mass is 10.1. The maximum Gasteiger partial charge on any atom is 0.240 e. The van der Waals surface area contributed by atoms with Gasteiger partial charge < -0.3 is 4.90 Å². The Bertz CT molecular complexity index is 395. The number of carbonyl (C=O) groups excluding carboxylic acids is 1. The van der Waals surface area contributed by atoms with Crippen LogP contribution in [0.3, 0.4) is 0 Å². The fourth-order valence-electron chi connectivity index (χ4n) is 1.89. The van der Waals surface area contributed by atoms with Crippen molar-refractivity contribution in [3.05, 3.63) is 35.4 Å². The third-order valence-corrected chi connectivity index (χ3v) is 3.27. The zero-order valence-electron chi connectivity index (χ0n) is 10.3. The average molecular weight is 252 g/mol. The summed E-state index contributed by atoms with van der Waals surface area (Å²) in [5.41, 5.74) is 2.41. The van der Waals surface area contributed by atoms with E-state index in [0.29, 0.717) is 12.6 Å². The lowest BCUT2D eigenvalue weighted by Gasteiger charge is -2.23. The van der Waals surface area contributed by atoms with Crippen LogP contribution in [0.5, 0.6) is 0 Å². The molecule has 3 heteroatoms.